The zero-order valence-electron chi connectivity index (χ0n) is 19.5. The molecule has 7 heteroatoms. The number of rotatable bonds is 9. The highest BCUT2D eigenvalue weighted by Gasteiger charge is 2.33. The maximum Gasteiger partial charge on any atom is 0.407 e. The SMILES string of the molecule is CC(CCNC(=O)C1CCCC1CNC(=O)OCC1c2ccccc2-c2ccccc21)C(=O)O. The van der Waals surface area contributed by atoms with Gasteiger partial charge in [-0.15, -0.1) is 0 Å². The van der Waals surface area contributed by atoms with Gasteiger partial charge in [0.05, 0.1) is 5.92 Å². The third-order valence-electron chi connectivity index (χ3n) is 7.15. The van der Waals surface area contributed by atoms with Crippen LogP contribution in [0.25, 0.3) is 11.1 Å². The van der Waals surface area contributed by atoms with Crippen molar-refractivity contribution < 1.29 is 24.2 Å². The molecule has 3 unspecified atom stereocenters. The van der Waals surface area contributed by atoms with Crippen LogP contribution in [0.2, 0.25) is 0 Å². The van der Waals surface area contributed by atoms with Crippen molar-refractivity contribution in [2.24, 2.45) is 17.8 Å². The quantitative estimate of drug-likeness (QED) is 0.517. The standard InChI is InChI=1S/C27H32N2O5/c1-17(26(31)32)13-14-28-25(30)19-12-6-7-18(19)15-29-27(33)34-16-24-22-10-4-2-8-20(22)21-9-3-5-11-23(21)24/h2-5,8-11,17-19,24H,6-7,12-16H2,1H3,(H,28,30)(H,29,33)(H,31,32). The number of carbonyl (C=O) groups is 3. The molecule has 3 atom stereocenters. The first-order chi connectivity index (χ1) is 16.5. The molecule has 34 heavy (non-hydrogen) atoms. The van der Waals surface area contributed by atoms with Gasteiger partial charge in [0.2, 0.25) is 5.91 Å². The largest absolute Gasteiger partial charge is 0.481 e. The van der Waals surface area contributed by atoms with Crippen molar-refractivity contribution in [2.75, 3.05) is 19.7 Å². The van der Waals surface area contributed by atoms with Gasteiger partial charge >= 0.3 is 12.1 Å². The monoisotopic (exact) mass is 464 g/mol. The zero-order valence-corrected chi connectivity index (χ0v) is 19.5. The Labute approximate surface area is 199 Å². The lowest BCUT2D eigenvalue weighted by atomic mass is 9.95. The van der Waals surface area contributed by atoms with E-state index in [9.17, 15) is 14.4 Å². The van der Waals surface area contributed by atoms with Crippen molar-refractivity contribution in [1.29, 1.82) is 0 Å². The molecule has 0 saturated heterocycles. The van der Waals surface area contributed by atoms with Crippen molar-refractivity contribution >= 4 is 18.0 Å². The fourth-order valence-corrected chi connectivity index (χ4v) is 5.16. The van der Waals surface area contributed by atoms with Crippen LogP contribution in [0, 0.1) is 17.8 Å². The first-order valence-corrected chi connectivity index (χ1v) is 12.0. The van der Waals surface area contributed by atoms with Crippen LogP contribution < -0.4 is 10.6 Å². The van der Waals surface area contributed by atoms with Gasteiger partial charge in [-0.1, -0.05) is 61.9 Å². The van der Waals surface area contributed by atoms with E-state index in [0.717, 1.165) is 19.3 Å². The molecule has 1 fully saturated rings. The molecule has 2 aromatic carbocycles. The van der Waals surface area contributed by atoms with Crippen molar-refractivity contribution in [2.45, 2.75) is 38.5 Å². The molecule has 0 spiro atoms. The maximum atomic E-state index is 12.6. The number of carbonyl (C=O) groups excluding carboxylic acids is 2. The highest BCUT2D eigenvalue weighted by atomic mass is 16.5. The van der Waals surface area contributed by atoms with Crippen LogP contribution in [-0.2, 0) is 14.3 Å². The van der Waals surface area contributed by atoms with Crippen molar-refractivity contribution in [3.63, 3.8) is 0 Å². The minimum absolute atomic E-state index is 0.0105. The topological polar surface area (TPSA) is 105 Å². The van der Waals surface area contributed by atoms with Gasteiger partial charge in [-0.3, -0.25) is 9.59 Å². The molecule has 1 saturated carbocycles. The second kappa shape index (κ2) is 10.7. The summed E-state index contributed by atoms with van der Waals surface area (Å²) in [5, 5.41) is 14.7. The summed E-state index contributed by atoms with van der Waals surface area (Å²) in [6.45, 7) is 2.62. The van der Waals surface area contributed by atoms with Gasteiger partial charge < -0.3 is 20.5 Å². The smallest absolute Gasteiger partial charge is 0.407 e. The zero-order chi connectivity index (χ0) is 24.1. The first kappa shape index (κ1) is 23.8. The van der Waals surface area contributed by atoms with Gasteiger partial charge in [0, 0.05) is 24.9 Å². The van der Waals surface area contributed by atoms with Gasteiger partial charge in [-0.25, -0.2) is 4.79 Å². The summed E-state index contributed by atoms with van der Waals surface area (Å²) in [7, 11) is 0. The molecule has 2 amide bonds. The van der Waals surface area contributed by atoms with Crippen molar-refractivity contribution in [1.82, 2.24) is 10.6 Å². The average Bonchev–Trinajstić information content (AvgIpc) is 3.44. The second-order valence-corrected chi connectivity index (χ2v) is 9.32. The number of carboxylic acid groups (broad SMARTS) is 1. The number of amides is 2. The van der Waals surface area contributed by atoms with E-state index in [1.54, 1.807) is 6.92 Å². The van der Waals surface area contributed by atoms with Gasteiger partial charge in [0.1, 0.15) is 6.61 Å². The van der Waals surface area contributed by atoms with E-state index in [-0.39, 0.29) is 30.3 Å². The minimum atomic E-state index is -0.861. The van der Waals surface area contributed by atoms with Gasteiger partial charge in [0.15, 0.2) is 0 Å². The fourth-order valence-electron chi connectivity index (χ4n) is 5.16. The number of hydrogen-bond acceptors (Lipinski definition) is 4. The molecule has 2 aliphatic carbocycles. The summed E-state index contributed by atoms with van der Waals surface area (Å²) >= 11 is 0. The predicted octanol–water partition coefficient (Wildman–Crippen LogP) is 4.17. The predicted molar refractivity (Wildman–Crippen MR) is 128 cm³/mol. The van der Waals surface area contributed by atoms with Crippen LogP contribution in [0.15, 0.2) is 48.5 Å². The number of ether oxygens (including phenoxy) is 1. The molecule has 2 aliphatic rings. The van der Waals surface area contributed by atoms with Gasteiger partial charge in [-0.2, -0.15) is 0 Å². The molecular weight excluding hydrogens is 432 g/mol. The molecule has 0 aliphatic heterocycles. The Morgan fingerprint density at radius 3 is 2.29 bits per heavy atom. The van der Waals surface area contributed by atoms with Gasteiger partial charge in [-0.05, 0) is 47.4 Å². The van der Waals surface area contributed by atoms with Crippen LogP contribution in [0.4, 0.5) is 4.79 Å². The van der Waals surface area contributed by atoms with Crippen LogP contribution in [-0.4, -0.2) is 42.8 Å². The normalized spacial score (nSPS) is 19.7. The molecular formula is C27H32N2O5. The third kappa shape index (κ3) is 5.24. The van der Waals surface area contributed by atoms with E-state index in [1.807, 2.05) is 24.3 Å². The summed E-state index contributed by atoms with van der Waals surface area (Å²) in [6.07, 6.45) is 2.50. The molecule has 0 aromatic heterocycles. The molecule has 180 valence electrons. The number of benzene rings is 2. The summed E-state index contributed by atoms with van der Waals surface area (Å²) in [4.78, 5) is 36.0. The summed E-state index contributed by atoms with van der Waals surface area (Å²) < 4.78 is 5.60. The summed E-state index contributed by atoms with van der Waals surface area (Å²) in [6, 6.07) is 16.4. The Bertz CT molecular complexity index is 1010. The van der Waals surface area contributed by atoms with E-state index in [4.69, 9.17) is 9.84 Å². The van der Waals surface area contributed by atoms with E-state index >= 15 is 0 Å². The van der Waals surface area contributed by atoms with E-state index in [1.165, 1.54) is 22.3 Å². The Balaban J connectivity index is 1.26. The van der Waals surface area contributed by atoms with Crippen LogP contribution in [0.5, 0.6) is 0 Å². The van der Waals surface area contributed by atoms with E-state index in [0.29, 0.717) is 19.5 Å². The number of hydrogen-bond donors (Lipinski definition) is 3. The number of aliphatic carboxylic acids is 1. The number of fused-ring (bicyclic) bond motifs is 3. The van der Waals surface area contributed by atoms with E-state index < -0.39 is 18.0 Å². The van der Waals surface area contributed by atoms with Crippen molar-refractivity contribution in [3.8, 4) is 11.1 Å². The average molecular weight is 465 g/mol. The Morgan fingerprint density at radius 2 is 1.65 bits per heavy atom. The first-order valence-electron chi connectivity index (χ1n) is 12.0. The Morgan fingerprint density at radius 1 is 1.00 bits per heavy atom. The molecule has 7 nitrogen and oxygen atoms in total. The van der Waals surface area contributed by atoms with Crippen LogP contribution in [0.1, 0.15) is 49.7 Å². The highest BCUT2D eigenvalue weighted by molar-refractivity contribution is 5.80. The molecule has 0 bridgehead atoms. The lowest BCUT2D eigenvalue weighted by Crippen LogP contribution is -2.38. The minimum Gasteiger partial charge on any atom is -0.481 e. The Kier molecular flexibility index (Phi) is 7.50. The van der Waals surface area contributed by atoms with Crippen LogP contribution in [0.3, 0.4) is 0 Å². The molecule has 4 rings (SSSR count). The molecule has 2 aromatic rings. The van der Waals surface area contributed by atoms with Crippen LogP contribution >= 0.6 is 0 Å². The number of nitrogens with one attached hydrogen (secondary N) is 2. The second-order valence-electron chi connectivity index (χ2n) is 9.32. The van der Waals surface area contributed by atoms with Gasteiger partial charge in [0.25, 0.3) is 0 Å². The maximum absolute atomic E-state index is 12.6. The lowest BCUT2D eigenvalue weighted by Gasteiger charge is -2.20. The summed E-state index contributed by atoms with van der Waals surface area (Å²) in [5.74, 6) is -1.52. The van der Waals surface area contributed by atoms with E-state index in [2.05, 4.69) is 34.9 Å². The molecule has 0 heterocycles. The highest BCUT2D eigenvalue weighted by Crippen LogP contribution is 2.44. The third-order valence-corrected chi connectivity index (χ3v) is 7.15. The Hall–Kier alpha value is -3.35. The fraction of sp³-hybridized carbons (Fsp3) is 0.444. The lowest BCUT2D eigenvalue weighted by molar-refractivity contribution is -0.141. The number of carboxylic acids is 1. The number of alkyl carbamates (subject to hydrolysis) is 1. The summed E-state index contributed by atoms with van der Waals surface area (Å²) in [5.41, 5.74) is 4.71. The van der Waals surface area contributed by atoms with Crippen molar-refractivity contribution in [3.05, 3.63) is 59.7 Å². The molecule has 0 radical (unpaired) electrons. The molecule has 3 N–H and O–H groups in total.